The average Bonchev–Trinajstić information content (AvgIpc) is 3.14. The summed E-state index contributed by atoms with van der Waals surface area (Å²) in [5.74, 6) is 0. The Morgan fingerprint density at radius 2 is 2.33 bits per heavy atom. The fourth-order valence-corrected chi connectivity index (χ4v) is 1.82. The predicted octanol–water partition coefficient (Wildman–Crippen LogP) is 2.18. The number of hydrogen-bond donors (Lipinski definition) is 2. The van der Waals surface area contributed by atoms with Crippen LogP contribution in [0.1, 0.15) is 19.3 Å². The van der Waals surface area contributed by atoms with Gasteiger partial charge in [-0.3, -0.25) is 0 Å². The minimum atomic E-state index is -0.154. The molecular weight excluding hydrogens is 228 g/mol. The minimum absolute atomic E-state index is 0.154. The average molecular weight is 244 g/mol. The van der Waals surface area contributed by atoms with Crippen molar-refractivity contribution in [2.45, 2.75) is 25.3 Å². The Balaban J connectivity index is 1.98. The Morgan fingerprint density at radius 1 is 1.56 bits per heavy atom. The van der Waals surface area contributed by atoms with E-state index >= 15 is 0 Å². The standard InChI is InChI=1S/C13H16N4O/c14-7-2-8-17(12-5-6-12)13(18)16-11-4-1-3-10(15)9-11/h1,3-4,9,12H,2,5-6,8,15H2,(H,16,18). The molecule has 5 nitrogen and oxygen atoms in total. The van der Waals surface area contributed by atoms with Crippen molar-refractivity contribution in [3.05, 3.63) is 24.3 Å². The summed E-state index contributed by atoms with van der Waals surface area (Å²) < 4.78 is 0. The fraction of sp³-hybridized carbons (Fsp3) is 0.385. The van der Waals surface area contributed by atoms with Crippen LogP contribution in [0, 0.1) is 11.3 Å². The number of hydrogen-bond acceptors (Lipinski definition) is 3. The molecule has 0 saturated heterocycles. The molecule has 18 heavy (non-hydrogen) atoms. The van der Waals surface area contributed by atoms with Crippen molar-refractivity contribution in [1.82, 2.24) is 4.90 Å². The number of nitrogens with two attached hydrogens (primary N) is 1. The highest BCUT2D eigenvalue weighted by molar-refractivity contribution is 5.90. The predicted molar refractivity (Wildman–Crippen MR) is 69.8 cm³/mol. The van der Waals surface area contributed by atoms with Crippen molar-refractivity contribution in [2.24, 2.45) is 0 Å². The van der Waals surface area contributed by atoms with Gasteiger partial charge in [0.05, 0.1) is 12.5 Å². The van der Waals surface area contributed by atoms with Crippen molar-refractivity contribution in [1.29, 1.82) is 5.26 Å². The minimum Gasteiger partial charge on any atom is -0.399 e. The Labute approximate surface area is 106 Å². The van der Waals surface area contributed by atoms with Crippen LogP contribution in [0.5, 0.6) is 0 Å². The van der Waals surface area contributed by atoms with Crippen LogP contribution in [0.4, 0.5) is 16.2 Å². The highest BCUT2D eigenvalue weighted by atomic mass is 16.2. The lowest BCUT2D eigenvalue weighted by Crippen LogP contribution is -2.37. The zero-order chi connectivity index (χ0) is 13.0. The topological polar surface area (TPSA) is 82.2 Å². The SMILES string of the molecule is N#CCCN(C(=O)Nc1cccc(N)c1)C1CC1. The number of carbonyl (C=O) groups excluding carboxylic acids is 1. The van der Waals surface area contributed by atoms with E-state index in [-0.39, 0.29) is 6.03 Å². The normalized spacial score (nSPS) is 13.7. The molecule has 3 N–H and O–H groups in total. The Kier molecular flexibility index (Phi) is 3.68. The molecule has 2 rings (SSSR count). The van der Waals surface area contributed by atoms with E-state index in [1.165, 1.54) is 0 Å². The number of amides is 2. The summed E-state index contributed by atoms with van der Waals surface area (Å²) in [5.41, 5.74) is 6.95. The highest BCUT2D eigenvalue weighted by Gasteiger charge is 2.32. The maximum Gasteiger partial charge on any atom is 0.322 e. The Bertz CT molecular complexity index is 476. The smallest absolute Gasteiger partial charge is 0.322 e. The van der Waals surface area contributed by atoms with E-state index in [0.29, 0.717) is 30.4 Å². The van der Waals surface area contributed by atoms with Crippen molar-refractivity contribution in [3.63, 3.8) is 0 Å². The first-order valence-corrected chi connectivity index (χ1v) is 6.01. The molecule has 1 aliphatic carbocycles. The first kappa shape index (κ1) is 12.2. The lowest BCUT2D eigenvalue weighted by Gasteiger charge is -2.21. The van der Waals surface area contributed by atoms with Crippen LogP contribution < -0.4 is 11.1 Å². The molecule has 0 aromatic heterocycles. The number of nitriles is 1. The van der Waals surface area contributed by atoms with Gasteiger partial charge in [0.1, 0.15) is 0 Å². The van der Waals surface area contributed by atoms with Gasteiger partial charge in [0.2, 0.25) is 0 Å². The van der Waals surface area contributed by atoms with Gasteiger partial charge >= 0.3 is 6.03 Å². The molecule has 0 unspecified atom stereocenters. The summed E-state index contributed by atoms with van der Waals surface area (Å²) in [6, 6.07) is 9.28. The highest BCUT2D eigenvalue weighted by Crippen LogP contribution is 2.27. The fourth-order valence-electron chi connectivity index (χ4n) is 1.82. The summed E-state index contributed by atoms with van der Waals surface area (Å²) in [6.45, 7) is 0.481. The molecule has 0 aliphatic heterocycles. The largest absolute Gasteiger partial charge is 0.399 e. The first-order chi connectivity index (χ1) is 8.70. The van der Waals surface area contributed by atoms with Crippen molar-refractivity contribution < 1.29 is 4.79 Å². The third-order valence-corrected chi connectivity index (χ3v) is 2.85. The van der Waals surface area contributed by atoms with Gasteiger partial charge in [-0.05, 0) is 31.0 Å². The number of benzene rings is 1. The van der Waals surface area contributed by atoms with Gasteiger partial charge < -0.3 is 16.0 Å². The Hall–Kier alpha value is -2.22. The maximum absolute atomic E-state index is 12.1. The van der Waals surface area contributed by atoms with Gasteiger partial charge in [-0.2, -0.15) is 5.26 Å². The zero-order valence-corrected chi connectivity index (χ0v) is 10.1. The second-order valence-corrected chi connectivity index (χ2v) is 4.39. The molecule has 1 aliphatic rings. The van der Waals surface area contributed by atoms with Crippen molar-refractivity contribution in [2.75, 3.05) is 17.6 Å². The van der Waals surface area contributed by atoms with Gasteiger partial charge in [0, 0.05) is 24.0 Å². The quantitative estimate of drug-likeness (QED) is 0.796. The molecule has 1 saturated carbocycles. The van der Waals surface area contributed by atoms with Crippen LogP contribution >= 0.6 is 0 Å². The lowest BCUT2D eigenvalue weighted by atomic mass is 10.3. The van der Waals surface area contributed by atoms with Crippen LogP contribution in [-0.2, 0) is 0 Å². The van der Waals surface area contributed by atoms with Gasteiger partial charge in [-0.15, -0.1) is 0 Å². The van der Waals surface area contributed by atoms with Gasteiger partial charge in [-0.1, -0.05) is 6.07 Å². The summed E-state index contributed by atoms with van der Waals surface area (Å²) >= 11 is 0. The third-order valence-electron chi connectivity index (χ3n) is 2.85. The molecule has 5 heteroatoms. The van der Waals surface area contributed by atoms with E-state index in [1.54, 1.807) is 29.2 Å². The van der Waals surface area contributed by atoms with Crippen molar-refractivity contribution in [3.8, 4) is 6.07 Å². The second-order valence-electron chi connectivity index (χ2n) is 4.39. The molecule has 1 aromatic carbocycles. The molecule has 94 valence electrons. The zero-order valence-electron chi connectivity index (χ0n) is 10.1. The molecule has 2 amide bonds. The van der Waals surface area contributed by atoms with E-state index in [9.17, 15) is 4.79 Å². The Morgan fingerprint density at radius 3 is 2.94 bits per heavy atom. The molecule has 0 bridgehead atoms. The summed E-state index contributed by atoms with van der Waals surface area (Å²) in [7, 11) is 0. The van der Waals surface area contributed by atoms with E-state index in [2.05, 4.69) is 11.4 Å². The van der Waals surface area contributed by atoms with Gasteiger partial charge in [-0.25, -0.2) is 4.79 Å². The molecule has 1 aromatic rings. The molecule has 1 fully saturated rings. The molecule has 0 radical (unpaired) electrons. The lowest BCUT2D eigenvalue weighted by molar-refractivity contribution is 0.210. The van der Waals surface area contributed by atoms with Crippen molar-refractivity contribution >= 4 is 17.4 Å². The number of nitrogens with zero attached hydrogens (tertiary/aromatic N) is 2. The van der Waals surface area contributed by atoms with Crippen LogP contribution in [0.3, 0.4) is 0 Å². The van der Waals surface area contributed by atoms with Gasteiger partial charge in [0.15, 0.2) is 0 Å². The monoisotopic (exact) mass is 244 g/mol. The summed E-state index contributed by atoms with van der Waals surface area (Å²) in [5, 5.41) is 11.4. The summed E-state index contributed by atoms with van der Waals surface area (Å²) in [4.78, 5) is 13.8. The first-order valence-electron chi connectivity index (χ1n) is 6.01. The van der Waals surface area contributed by atoms with Gasteiger partial charge in [0.25, 0.3) is 0 Å². The molecule has 0 spiro atoms. The van der Waals surface area contributed by atoms with E-state index in [0.717, 1.165) is 12.8 Å². The van der Waals surface area contributed by atoms with Crippen LogP contribution in [-0.4, -0.2) is 23.5 Å². The molecular formula is C13H16N4O. The van der Waals surface area contributed by atoms with Crippen LogP contribution in [0.2, 0.25) is 0 Å². The maximum atomic E-state index is 12.1. The van der Waals surface area contributed by atoms with E-state index in [4.69, 9.17) is 11.0 Å². The molecule has 0 atom stereocenters. The van der Waals surface area contributed by atoms with Crippen LogP contribution in [0.25, 0.3) is 0 Å². The summed E-state index contributed by atoms with van der Waals surface area (Å²) in [6.07, 6.45) is 2.41. The number of anilines is 2. The van der Waals surface area contributed by atoms with Crippen LogP contribution in [0.15, 0.2) is 24.3 Å². The number of urea groups is 1. The second kappa shape index (κ2) is 5.41. The third kappa shape index (κ3) is 3.14. The van der Waals surface area contributed by atoms with E-state index < -0.39 is 0 Å². The number of nitrogens with one attached hydrogen (secondary N) is 1. The van der Waals surface area contributed by atoms with E-state index in [1.807, 2.05) is 0 Å². The number of nitrogen functional groups attached to an aromatic ring is 1. The molecule has 0 heterocycles. The number of rotatable bonds is 4. The number of carbonyl (C=O) groups is 1.